The van der Waals surface area contributed by atoms with Gasteiger partial charge in [-0.05, 0) is 75.1 Å². The molecule has 3 N–H and O–H groups in total. The predicted molar refractivity (Wildman–Crippen MR) is 261 cm³/mol. The molecule has 0 aromatic carbocycles. The fraction of sp³-hybridized carbons (Fsp3) is 0.604. The molecule has 0 aliphatic carbocycles. The van der Waals surface area contributed by atoms with Crippen LogP contribution < -0.4 is 0 Å². The van der Waals surface area contributed by atoms with E-state index in [9.17, 15) is 20.1 Å². The van der Waals surface area contributed by atoms with Gasteiger partial charge < -0.3 is 57.3 Å². The summed E-state index contributed by atoms with van der Waals surface area (Å²) in [7, 11) is 3.22. The Morgan fingerprint density at radius 1 is 0.986 bits per heavy atom. The Hall–Kier alpha value is -3.81. The number of carbonyl (C=O) groups excluding carboxylic acids is 1. The number of hydrogen-bond donors (Lipinski definition) is 3. The van der Waals surface area contributed by atoms with Gasteiger partial charge in [0.15, 0.2) is 11.7 Å². The van der Waals surface area contributed by atoms with Gasteiger partial charge in [0.2, 0.25) is 5.89 Å². The number of rotatable bonds is 12. The summed E-state index contributed by atoms with van der Waals surface area (Å²) < 4.78 is 55.2. The van der Waals surface area contributed by atoms with Gasteiger partial charge in [-0.2, -0.15) is 0 Å². The van der Waals surface area contributed by atoms with Crippen LogP contribution in [0.2, 0.25) is 0 Å². The molecule has 69 heavy (non-hydrogen) atoms. The molecule has 1 unspecified atom stereocenters. The Bertz CT molecular complexity index is 2210. The number of hydrogen-bond acceptors (Lipinski definition) is 15. The first-order chi connectivity index (χ1) is 33.1. The van der Waals surface area contributed by atoms with Gasteiger partial charge in [0.05, 0.1) is 67.5 Å². The number of aliphatic hydroxyl groups is 3. The van der Waals surface area contributed by atoms with E-state index in [4.69, 9.17) is 52.0 Å². The van der Waals surface area contributed by atoms with Gasteiger partial charge >= 0.3 is 5.97 Å². The minimum atomic E-state index is -1.73. The average Bonchev–Trinajstić information content (AvgIpc) is 3.96. The zero-order valence-electron chi connectivity index (χ0n) is 40.7. The van der Waals surface area contributed by atoms with Crippen molar-refractivity contribution in [1.82, 2.24) is 9.97 Å². The van der Waals surface area contributed by atoms with Crippen molar-refractivity contribution < 1.29 is 62.1 Å². The summed E-state index contributed by atoms with van der Waals surface area (Å²) in [6, 6.07) is 0. The van der Waals surface area contributed by atoms with Crippen LogP contribution in [0.5, 0.6) is 0 Å². The lowest BCUT2D eigenvalue weighted by atomic mass is 9.79. The van der Waals surface area contributed by atoms with Gasteiger partial charge in [0.25, 0.3) is 0 Å². The second-order valence-electron chi connectivity index (χ2n) is 19.5. The molecule has 0 amide bonds. The normalized spacial score (nSPS) is 36.1. The van der Waals surface area contributed by atoms with Crippen molar-refractivity contribution in [2.45, 2.75) is 177 Å². The van der Waals surface area contributed by atoms with Gasteiger partial charge in [-0.15, -0.1) is 0 Å². The van der Waals surface area contributed by atoms with Gasteiger partial charge in [-0.3, -0.25) is 0 Å². The Labute approximate surface area is 414 Å². The maximum absolute atomic E-state index is 13.6. The van der Waals surface area contributed by atoms with E-state index in [2.05, 4.69) is 22.5 Å². The molecule has 7 rings (SSSR count). The van der Waals surface area contributed by atoms with E-state index in [-0.39, 0.29) is 67.2 Å². The van der Waals surface area contributed by atoms with Crippen LogP contribution in [-0.2, 0) is 44.4 Å². The van der Waals surface area contributed by atoms with Crippen LogP contribution in [0, 0.1) is 11.8 Å². The number of aromatic nitrogens is 2. The molecule has 0 spiro atoms. The minimum Gasteiger partial charge on any atom is -0.458 e. The zero-order valence-corrected chi connectivity index (χ0v) is 42.3. The highest BCUT2D eigenvalue weighted by Crippen LogP contribution is 2.40. The van der Waals surface area contributed by atoms with Crippen LogP contribution in [0.1, 0.15) is 121 Å². The molecule has 0 saturated carbocycles. The van der Waals surface area contributed by atoms with Crippen molar-refractivity contribution in [3.8, 4) is 0 Å². The summed E-state index contributed by atoms with van der Waals surface area (Å²) in [5.41, 5.74) is 3.86. The molecule has 4 saturated heterocycles. The molecular weight excluding hydrogens is 952 g/mol. The first kappa shape index (κ1) is 53.0. The summed E-state index contributed by atoms with van der Waals surface area (Å²) >= 11 is 3.28. The van der Waals surface area contributed by atoms with Crippen molar-refractivity contribution in [3.05, 3.63) is 107 Å². The number of methoxy groups -OCH3 is 2. The largest absolute Gasteiger partial charge is 0.458 e. The SMILES string of the molecule is C=C1C[C@@H]2C[C@@H]3C[C@H](O)C[C@@H](O3)c3coc(n3)/C=C/C[C@H]3O[C@@H](/C(C)=C/c4coc(C[C@]5(O)C[C@H](OC)CC([C@H](O)/C=C(C)/C=C/[C@@H](C/C=C/Br)OC)O5)n4)[C@H](C)[C@@H](OC(=O)/C=C\C[C@@H](C1)O2)[C@H]3C. The van der Waals surface area contributed by atoms with E-state index in [1.54, 1.807) is 37.6 Å². The summed E-state index contributed by atoms with van der Waals surface area (Å²) in [6.07, 6.45) is 19.5. The average molecular weight is 1020 g/mol. The molecule has 5 aliphatic heterocycles. The van der Waals surface area contributed by atoms with E-state index < -0.39 is 48.4 Å². The first-order valence-electron chi connectivity index (χ1n) is 24.3. The smallest absolute Gasteiger partial charge is 0.330 e. The maximum Gasteiger partial charge on any atom is 0.330 e. The second-order valence-corrected chi connectivity index (χ2v) is 20.0. The summed E-state index contributed by atoms with van der Waals surface area (Å²) in [6.45, 7) is 12.2. The fourth-order valence-electron chi connectivity index (χ4n) is 10.4. The molecule has 7 heterocycles. The molecule has 2 aromatic heterocycles. The fourth-order valence-corrected chi connectivity index (χ4v) is 10.6. The third kappa shape index (κ3) is 14.6. The van der Waals surface area contributed by atoms with Crippen molar-refractivity contribution in [1.29, 1.82) is 0 Å². The monoisotopic (exact) mass is 1020 g/mol. The highest BCUT2D eigenvalue weighted by molar-refractivity contribution is 9.11. The first-order valence-corrected chi connectivity index (χ1v) is 25.2. The van der Waals surface area contributed by atoms with E-state index in [0.29, 0.717) is 75.1 Å². The molecule has 378 valence electrons. The lowest BCUT2D eigenvalue weighted by Gasteiger charge is -2.44. The molecule has 5 aliphatic rings. The van der Waals surface area contributed by atoms with Crippen LogP contribution in [0.4, 0.5) is 0 Å². The van der Waals surface area contributed by atoms with Crippen molar-refractivity contribution >= 4 is 34.1 Å². The highest BCUT2D eigenvalue weighted by Gasteiger charge is 2.45. The van der Waals surface area contributed by atoms with Crippen LogP contribution in [0.3, 0.4) is 0 Å². The van der Waals surface area contributed by atoms with E-state index in [1.807, 2.05) is 64.2 Å². The standard InChI is InChI=1S/C53H71BrN2O13/c1-31(16-17-38(61-6)12-10-18-54)21-44(58)47-26-42(62-7)27-53(60,69-47)28-49-55-36(29-63-49)22-33(3)51-35(5)52-34(4)45(67-51)13-9-14-48-56-43(30-64-48)46-24-37(57)23-41(66-46)25-40-20-32(2)19-39(65-40)11-8-15-50(59)68-52/h8-10,14-18,21-22,29-30,34-35,37-42,44-47,51-52,57-58,60H,2,11-13,19-20,23-28H2,1,3-7H3/b14-9+,15-8-,17-16+,18-10+,31-21+,33-22+/t34-,35-,37-,38+,39-,40+,41-,42+,44+,45+,46+,47?,51-,52-,53-/m0/s1. The summed E-state index contributed by atoms with van der Waals surface area (Å²) in [4.78, 5) is 24.8. The minimum absolute atomic E-state index is 0.0830. The third-order valence-corrected chi connectivity index (χ3v) is 14.2. The lowest BCUT2D eigenvalue weighted by molar-refractivity contribution is -0.286. The third-order valence-electron chi connectivity index (χ3n) is 13.9. The Kier molecular flexibility index (Phi) is 18.9. The molecule has 15 atom stereocenters. The van der Waals surface area contributed by atoms with Crippen LogP contribution in [-0.4, -0.2) is 118 Å². The number of allylic oxidation sites excluding steroid dienone is 2. The topological polar surface area (TPSA) is 194 Å². The van der Waals surface area contributed by atoms with Crippen molar-refractivity contribution in [3.63, 3.8) is 0 Å². The molecule has 2 aromatic rings. The molecule has 16 heteroatoms. The van der Waals surface area contributed by atoms with Gasteiger partial charge in [-0.1, -0.05) is 84.0 Å². The van der Waals surface area contributed by atoms with E-state index in [1.165, 1.54) is 12.3 Å². The van der Waals surface area contributed by atoms with Crippen molar-refractivity contribution in [2.75, 3.05) is 14.2 Å². The molecule has 4 fully saturated rings. The Balaban J connectivity index is 1.06. The summed E-state index contributed by atoms with van der Waals surface area (Å²) in [5.74, 6) is -1.95. The van der Waals surface area contributed by atoms with Gasteiger partial charge in [0, 0.05) is 57.8 Å². The van der Waals surface area contributed by atoms with Crippen LogP contribution >= 0.6 is 15.9 Å². The quantitative estimate of drug-likeness (QED) is 0.104. The zero-order chi connectivity index (χ0) is 49.2. The van der Waals surface area contributed by atoms with Crippen LogP contribution in [0.15, 0.2) is 92.2 Å². The number of nitrogens with zero attached hydrogens (tertiary/aromatic N) is 2. The highest BCUT2D eigenvalue weighted by atomic mass is 79.9. The Morgan fingerprint density at radius 3 is 2.57 bits per heavy atom. The Morgan fingerprint density at radius 2 is 1.78 bits per heavy atom. The number of aliphatic hydroxyl groups excluding tert-OH is 2. The number of esters is 1. The van der Waals surface area contributed by atoms with Crippen molar-refractivity contribution in [2.24, 2.45) is 11.8 Å². The molecule has 8 bridgehead atoms. The number of halogens is 1. The van der Waals surface area contributed by atoms with Gasteiger partial charge in [0.1, 0.15) is 36.1 Å². The molecular formula is C53H71BrN2O13. The number of oxazole rings is 2. The number of carbonyl (C=O) groups is 1. The maximum atomic E-state index is 13.6. The van der Waals surface area contributed by atoms with Gasteiger partial charge in [-0.25, -0.2) is 14.8 Å². The molecule has 0 radical (unpaired) electrons. The lowest BCUT2D eigenvalue weighted by Crippen LogP contribution is -2.51. The predicted octanol–water partition coefficient (Wildman–Crippen LogP) is 8.76. The number of ether oxygens (including phenoxy) is 7. The van der Waals surface area contributed by atoms with Crippen LogP contribution in [0.25, 0.3) is 12.2 Å². The second kappa shape index (κ2) is 24.5. The van der Waals surface area contributed by atoms with E-state index >= 15 is 0 Å². The van der Waals surface area contributed by atoms with E-state index in [0.717, 1.165) is 16.7 Å². The number of fused-ring (bicyclic) bond motifs is 9. The molecule has 15 nitrogen and oxygen atoms in total. The summed E-state index contributed by atoms with van der Waals surface area (Å²) in [5, 5.41) is 33.9.